The number of para-hydroxylation sites is 1. The highest BCUT2D eigenvalue weighted by Crippen LogP contribution is 2.53. The first-order chi connectivity index (χ1) is 9.00. The zero-order valence-electron chi connectivity index (χ0n) is 11.7. The van der Waals surface area contributed by atoms with E-state index in [4.69, 9.17) is 5.73 Å². The van der Waals surface area contributed by atoms with Gasteiger partial charge in [0.05, 0.1) is 0 Å². The summed E-state index contributed by atoms with van der Waals surface area (Å²) in [5, 5.41) is 0. The van der Waals surface area contributed by atoms with Gasteiger partial charge in [0, 0.05) is 24.2 Å². The molecule has 1 heterocycles. The Labute approximate surface area is 114 Å². The van der Waals surface area contributed by atoms with Crippen LogP contribution in [0.1, 0.15) is 44.7 Å². The largest absolute Gasteiger partial charge is 0.324 e. The summed E-state index contributed by atoms with van der Waals surface area (Å²) in [7, 11) is 0. The van der Waals surface area contributed by atoms with Gasteiger partial charge in [0.1, 0.15) is 0 Å². The van der Waals surface area contributed by atoms with Crippen LogP contribution >= 0.6 is 0 Å². The smallest absolute Gasteiger partial charge is 0.230 e. The van der Waals surface area contributed by atoms with E-state index >= 15 is 0 Å². The molecule has 102 valence electrons. The summed E-state index contributed by atoms with van der Waals surface area (Å²) >= 11 is 0. The van der Waals surface area contributed by atoms with Crippen LogP contribution in [0.15, 0.2) is 24.3 Å². The number of amides is 1. The second-order valence-corrected chi connectivity index (χ2v) is 6.54. The molecule has 3 rings (SSSR count). The zero-order chi connectivity index (χ0) is 13.6. The molecular formula is C16H22N2O. The van der Waals surface area contributed by atoms with Crippen molar-refractivity contribution in [1.29, 1.82) is 0 Å². The number of nitrogens with zero attached hydrogens (tertiary/aromatic N) is 1. The number of anilines is 1. The number of benzene rings is 1. The van der Waals surface area contributed by atoms with E-state index in [1.807, 2.05) is 23.1 Å². The Bertz CT molecular complexity index is 509. The van der Waals surface area contributed by atoms with Crippen molar-refractivity contribution < 1.29 is 4.79 Å². The van der Waals surface area contributed by atoms with Gasteiger partial charge in [0.25, 0.3) is 0 Å². The Morgan fingerprint density at radius 2 is 2.05 bits per heavy atom. The number of fused-ring (bicyclic) bond motifs is 1. The SMILES string of the molecule is CC1(C)CC1C(=O)N1CCCC(N)c2ccccc21. The average Bonchev–Trinajstić information content (AvgIpc) is 3.06. The van der Waals surface area contributed by atoms with Crippen molar-refractivity contribution >= 4 is 11.6 Å². The standard InChI is InChI=1S/C16H22N2O/c1-16(2)10-12(16)15(19)18-9-5-7-13(17)11-6-3-4-8-14(11)18/h3-4,6,8,12-13H,5,7,9-10,17H2,1-2H3. The fraction of sp³-hybridized carbons (Fsp3) is 0.562. The second kappa shape index (κ2) is 4.34. The molecule has 1 saturated carbocycles. The summed E-state index contributed by atoms with van der Waals surface area (Å²) in [5.41, 5.74) is 8.54. The molecule has 0 spiro atoms. The average molecular weight is 258 g/mol. The highest BCUT2D eigenvalue weighted by atomic mass is 16.2. The van der Waals surface area contributed by atoms with E-state index in [1.54, 1.807) is 0 Å². The number of carbonyl (C=O) groups is 1. The summed E-state index contributed by atoms with van der Waals surface area (Å²) < 4.78 is 0. The maximum atomic E-state index is 12.7. The van der Waals surface area contributed by atoms with Crippen molar-refractivity contribution in [2.75, 3.05) is 11.4 Å². The minimum atomic E-state index is 0.0567. The second-order valence-electron chi connectivity index (χ2n) is 6.54. The Hall–Kier alpha value is -1.35. The van der Waals surface area contributed by atoms with Gasteiger partial charge in [-0.2, -0.15) is 0 Å². The Kier molecular flexibility index (Phi) is 2.90. The van der Waals surface area contributed by atoms with E-state index in [0.29, 0.717) is 0 Å². The lowest BCUT2D eigenvalue weighted by atomic mass is 10.0. The van der Waals surface area contributed by atoms with Crippen LogP contribution in [-0.2, 0) is 4.79 Å². The molecule has 0 aromatic heterocycles. The molecule has 0 radical (unpaired) electrons. The number of hydrogen-bond acceptors (Lipinski definition) is 2. The van der Waals surface area contributed by atoms with Crippen molar-refractivity contribution in [1.82, 2.24) is 0 Å². The van der Waals surface area contributed by atoms with Crippen LogP contribution in [-0.4, -0.2) is 12.5 Å². The zero-order valence-corrected chi connectivity index (χ0v) is 11.7. The Morgan fingerprint density at radius 1 is 1.37 bits per heavy atom. The Balaban J connectivity index is 1.94. The van der Waals surface area contributed by atoms with Gasteiger partial charge in [-0.3, -0.25) is 4.79 Å². The highest BCUT2D eigenvalue weighted by Gasteiger charge is 2.52. The molecule has 1 aliphatic heterocycles. The summed E-state index contributed by atoms with van der Waals surface area (Å²) in [6.45, 7) is 5.15. The lowest BCUT2D eigenvalue weighted by Crippen LogP contribution is -2.34. The summed E-state index contributed by atoms with van der Waals surface area (Å²) in [6.07, 6.45) is 2.94. The molecule has 2 N–H and O–H groups in total. The van der Waals surface area contributed by atoms with Crippen molar-refractivity contribution in [2.24, 2.45) is 17.1 Å². The first kappa shape index (κ1) is 12.7. The maximum absolute atomic E-state index is 12.7. The first-order valence-corrected chi connectivity index (χ1v) is 7.16. The topological polar surface area (TPSA) is 46.3 Å². The quantitative estimate of drug-likeness (QED) is 0.842. The van der Waals surface area contributed by atoms with Crippen LogP contribution in [0.25, 0.3) is 0 Å². The molecule has 2 atom stereocenters. The molecular weight excluding hydrogens is 236 g/mol. The Morgan fingerprint density at radius 3 is 2.74 bits per heavy atom. The van der Waals surface area contributed by atoms with Gasteiger partial charge in [0.2, 0.25) is 5.91 Å². The molecule has 19 heavy (non-hydrogen) atoms. The van der Waals surface area contributed by atoms with Crippen LogP contribution in [0.3, 0.4) is 0 Å². The van der Waals surface area contributed by atoms with Crippen molar-refractivity contribution in [3.8, 4) is 0 Å². The third-order valence-electron chi connectivity index (χ3n) is 4.60. The molecule has 2 unspecified atom stereocenters. The first-order valence-electron chi connectivity index (χ1n) is 7.16. The van der Waals surface area contributed by atoms with E-state index in [2.05, 4.69) is 19.9 Å². The van der Waals surface area contributed by atoms with Gasteiger partial charge in [-0.05, 0) is 36.3 Å². The van der Waals surface area contributed by atoms with Gasteiger partial charge in [-0.15, -0.1) is 0 Å². The maximum Gasteiger partial charge on any atom is 0.230 e. The van der Waals surface area contributed by atoms with Crippen molar-refractivity contribution in [2.45, 2.75) is 39.2 Å². The minimum Gasteiger partial charge on any atom is -0.324 e. The van der Waals surface area contributed by atoms with E-state index < -0.39 is 0 Å². The predicted octanol–water partition coefficient (Wildman–Crippen LogP) is 2.86. The normalized spacial score (nSPS) is 28.5. The lowest BCUT2D eigenvalue weighted by molar-refractivity contribution is -0.120. The van der Waals surface area contributed by atoms with Crippen LogP contribution < -0.4 is 10.6 Å². The van der Waals surface area contributed by atoms with E-state index in [1.165, 1.54) is 0 Å². The molecule has 1 aromatic carbocycles. The number of nitrogens with two attached hydrogens (primary N) is 1. The van der Waals surface area contributed by atoms with Gasteiger partial charge < -0.3 is 10.6 Å². The molecule has 3 heteroatoms. The van der Waals surface area contributed by atoms with E-state index in [-0.39, 0.29) is 23.3 Å². The number of rotatable bonds is 1. The van der Waals surface area contributed by atoms with Gasteiger partial charge in [0.15, 0.2) is 0 Å². The van der Waals surface area contributed by atoms with Crippen LogP contribution in [0.4, 0.5) is 5.69 Å². The summed E-state index contributed by atoms with van der Waals surface area (Å²) in [4.78, 5) is 14.7. The number of carbonyl (C=O) groups excluding carboxylic acids is 1. The third-order valence-corrected chi connectivity index (χ3v) is 4.60. The third kappa shape index (κ3) is 2.16. The van der Waals surface area contributed by atoms with Crippen LogP contribution in [0, 0.1) is 11.3 Å². The molecule has 2 aliphatic rings. The molecule has 3 nitrogen and oxygen atoms in total. The van der Waals surface area contributed by atoms with Crippen LogP contribution in [0.5, 0.6) is 0 Å². The molecule has 1 amide bonds. The van der Waals surface area contributed by atoms with E-state index in [0.717, 1.165) is 37.1 Å². The monoisotopic (exact) mass is 258 g/mol. The van der Waals surface area contributed by atoms with Gasteiger partial charge in [-0.1, -0.05) is 32.0 Å². The fourth-order valence-electron chi connectivity index (χ4n) is 3.10. The predicted molar refractivity (Wildman–Crippen MR) is 76.8 cm³/mol. The molecule has 0 bridgehead atoms. The minimum absolute atomic E-state index is 0.0567. The van der Waals surface area contributed by atoms with Crippen molar-refractivity contribution in [3.05, 3.63) is 29.8 Å². The van der Waals surface area contributed by atoms with Gasteiger partial charge in [-0.25, -0.2) is 0 Å². The lowest BCUT2D eigenvalue weighted by Gasteiger charge is -2.24. The number of hydrogen-bond donors (Lipinski definition) is 1. The molecule has 0 saturated heterocycles. The molecule has 1 aliphatic carbocycles. The fourth-order valence-corrected chi connectivity index (χ4v) is 3.10. The molecule has 1 fully saturated rings. The molecule has 1 aromatic rings. The van der Waals surface area contributed by atoms with Gasteiger partial charge >= 0.3 is 0 Å². The van der Waals surface area contributed by atoms with Crippen LogP contribution in [0.2, 0.25) is 0 Å². The highest BCUT2D eigenvalue weighted by molar-refractivity contribution is 5.98. The summed E-state index contributed by atoms with van der Waals surface area (Å²) in [6, 6.07) is 8.15. The van der Waals surface area contributed by atoms with Crippen molar-refractivity contribution in [3.63, 3.8) is 0 Å². The summed E-state index contributed by atoms with van der Waals surface area (Å²) in [5.74, 6) is 0.474. The van der Waals surface area contributed by atoms with E-state index in [9.17, 15) is 4.79 Å².